The average Bonchev–Trinajstić information content (AvgIpc) is 2.28. The molecule has 1 atom stereocenters. The van der Waals surface area contributed by atoms with Gasteiger partial charge in [-0.1, -0.05) is 6.92 Å². The van der Waals surface area contributed by atoms with Crippen molar-refractivity contribution in [2.45, 2.75) is 32.7 Å². The number of nitrogen functional groups attached to an aromatic ring is 1. The van der Waals surface area contributed by atoms with Crippen LogP contribution in [0.3, 0.4) is 0 Å². The molecule has 1 unspecified atom stereocenters. The van der Waals surface area contributed by atoms with E-state index in [1.807, 2.05) is 6.92 Å². The molecule has 0 aromatic carbocycles. The smallest absolute Gasteiger partial charge is 0.256 e. The van der Waals surface area contributed by atoms with Gasteiger partial charge in [-0.25, -0.2) is 8.78 Å². The molecule has 1 heterocycles. The second-order valence-corrected chi connectivity index (χ2v) is 4.31. The Morgan fingerprint density at radius 2 is 2.21 bits per heavy atom. The molecule has 0 spiro atoms. The lowest BCUT2D eigenvalue weighted by Crippen LogP contribution is -2.17. The Bertz CT molecular complexity index is 372. The zero-order valence-electron chi connectivity index (χ0n) is 8.22. The summed E-state index contributed by atoms with van der Waals surface area (Å²) in [5, 5.41) is 3.96. The van der Waals surface area contributed by atoms with E-state index in [0.717, 1.165) is 5.69 Å². The largest absolute Gasteiger partial charge is 0.382 e. The molecule has 1 aromatic rings. The van der Waals surface area contributed by atoms with Crippen LogP contribution in [0, 0.1) is 12.3 Å². The minimum absolute atomic E-state index is 0.0563. The van der Waals surface area contributed by atoms with Crippen LogP contribution in [0.4, 0.5) is 14.6 Å². The van der Waals surface area contributed by atoms with Crippen LogP contribution in [-0.4, -0.2) is 15.7 Å². The number of alkyl halides is 2. The molecule has 0 radical (unpaired) electrons. The summed E-state index contributed by atoms with van der Waals surface area (Å²) in [5.74, 6) is -2.16. The molecule has 0 bridgehead atoms. The van der Waals surface area contributed by atoms with E-state index < -0.39 is 11.3 Å². The summed E-state index contributed by atoms with van der Waals surface area (Å²) >= 11 is 0. The number of nitrogens with zero attached hydrogens (tertiary/aromatic N) is 2. The summed E-state index contributed by atoms with van der Waals surface area (Å²) in [4.78, 5) is 0. The van der Waals surface area contributed by atoms with Crippen LogP contribution in [0.15, 0.2) is 6.07 Å². The lowest BCUT2D eigenvalue weighted by atomic mass is 10.1. The fraction of sp³-hybridized carbons (Fsp3) is 0.667. The molecule has 1 aliphatic carbocycles. The summed E-state index contributed by atoms with van der Waals surface area (Å²) in [7, 11) is 0. The molecule has 1 fully saturated rings. The molecular formula is C9H13F2N3. The first-order valence-corrected chi connectivity index (χ1v) is 4.52. The van der Waals surface area contributed by atoms with Gasteiger partial charge < -0.3 is 5.73 Å². The standard InChI is InChI=1S/C9H13F2N3/c1-6-3-7(12)13-14(6)5-8(2)4-9(8,10)11/h3H,4-5H2,1-2H3,(H2,12,13). The van der Waals surface area contributed by atoms with Crippen LogP contribution in [0.1, 0.15) is 19.0 Å². The Labute approximate surface area is 80.9 Å². The number of anilines is 1. The summed E-state index contributed by atoms with van der Waals surface area (Å²) in [6.07, 6.45) is -0.0563. The van der Waals surface area contributed by atoms with Gasteiger partial charge >= 0.3 is 0 Å². The van der Waals surface area contributed by atoms with Crippen LogP contribution >= 0.6 is 0 Å². The number of aryl methyl sites for hydroxylation is 1. The monoisotopic (exact) mass is 201 g/mol. The summed E-state index contributed by atoms with van der Waals surface area (Å²) in [6.45, 7) is 3.63. The maximum Gasteiger partial charge on any atom is 0.256 e. The van der Waals surface area contributed by atoms with Gasteiger partial charge in [-0.3, -0.25) is 4.68 Å². The van der Waals surface area contributed by atoms with Crippen molar-refractivity contribution in [3.8, 4) is 0 Å². The quantitative estimate of drug-likeness (QED) is 0.793. The molecule has 1 aromatic heterocycles. The Balaban J connectivity index is 2.17. The molecule has 14 heavy (non-hydrogen) atoms. The molecule has 1 aliphatic rings. The lowest BCUT2D eigenvalue weighted by Gasteiger charge is -2.11. The topological polar surface area (TPSA) is 43.8 Å². The zero-order valence-corrected chi connectivity index (χ0v) is 8.22. The summed E-state index contributed by atoms with van der Waals surface area (Å²) in [5.41, 5.74) is 5.36. The van der Waals surface area contributed by atoms with Crippen molar-refractivity contribution in [3.05, 3.63) is 11.8 Å². The molecule has 0 aliphatic heterocycles. The molecule has 5 heteroatoms. The highest BCUT2D eigenvalue weighted by Gasteiger charge is 2.68. The predicted molar refractivity (Wildman–Crippen MR) is 49.0 cm³/mol. The highest BCUT2D eigenvalue weighted by Crippen LogP contribution is 2.61. The highest BCUT2D eigenvalue weighted by atomic mass is 19.3. The molecular weight excluding hydrogens is 188 g/mol. The molecule has 3 nitrogen and oxygen atoms in total. The van der Waals surface area contributed by atoms with E-state index in [4.69, 9.17) is 5.73 Å². The predicted octanol–water partition coefficient (Wildman–Crippen LogP) is 1.82. The van der Waals surface area contributed by atoms with Gasteiger partial charge in [0.05, 0.1) is 12.0 Å². The Morgan fingerprint density at radius 3 is 2.57 bits per heavy atom. The summed E-state index contributed by atoms with van der Waals surface area (Å²) in [6, 6.07) is 1.68. The van der Waals surface area contributed by atoms with E-state index in [9.17, 15) is 8.78 Å². The number of rotatable bonds is 2. The Hall–Kier alpha value is -1.13. The maximum absolute atomic E-state index is 12.9. The first-order chi connectivity index (χ1) is 6.34. The van der Waals surface area contributed by atoms with Gasteiger partial charge in [-0.05, 0) is 6.92 Å². The molecule has 0 amide bonds. The van der Waals surface area contributed by atoms with E-state index >= 15 is 0 Å². The van der Waals surface area contributed by atoms with Crippen LogP contribution in [-0.2, 0) is 6.54 Å². The lowest BCUT2D eigenvalue weighted by molar-refractivity contribution is 0.0621. The SMILES string of the molecule is Cc1cc(N)nn1CC1(C)CC1(F)F. The number of nitrogens with two attached hydrogens (primary N) is 1. The second kappa shape index (κ2) is 2.46. The Morgan fingerprint density at radius 1 is 1.64 bits per heavy atom. The van der Waals surface area contributed by atoms with Crippen molar-refractivity contribution in [1.82, 2.24) is 9.78 Å². The van der Waals surface area contributed by atoms with Crippen molar-refractivity contribution in [1.29, 1.82) is 0 Å². The van der Waals surface area contributed by atoms with Crippen LogP contribution in [0.5, 0.6) is 0 Å². The molecule has 78 valence electrons. The van der Waals surface area contributed by atoms with E-state index in [1.54, 1.807) is 17.7 Å². The zero-order chi connectivity index (χ0) is 10.6. The number of aromatic nitrogens is 2. The van der Waals surface area contributed by atoms with Gasteiger partial charge in [0.25, 0.3) is 5.92 Å². The minimum Gasteiger partial charge on any atom is -0.382 e. The first kappa shape index (κ1) is 9.43. The Kier molecular flexibility index (Phi) is 1.66. The number of halogens is 2. The third-order valence-electron chi connectivity index (χ3n) is 2.87. The van der Waals surface area contributed by atoms with E-state index in [1.165, 1.54) is 0 Å². The number of hydrogen-bond donors (Lipinski definition) is 1. The van der Waals surface area contributed by atoms with Crippen LogP contribution in [0.2, 0.25) is 0 Å². The van der Waals surface area contributed by atoms with Gasteiger partial charge in [-0.15, -0.1) is 0 Å². The van der Waals surface area contributed by atoms with Gasteiger partial charge in [0, 0.05) is 18.2 Å². The van der Waals surface area contributed by atoms with Crippen molar-refractivity contribution >= 4 is 5.82 Å². The fourth-order valence-corrected chi connectivity index (χ4v) is 1.64. The molecule has 1 saturated carbocycles. The summed E-state index contributed by atoms with van der Waals surface area (Å²) < 4.78 is 27.4. The van der Waals surface area contributed by atoms with E-state index in [0.29, 0.717) is 5.82 Å². The van der Waals surface area contributed by atoms with Gasteiger partial charge in [0.15, 0.2) is 0 Å². The third kappa shape index (κ3) is 1.27. The highest BCUT2D eigenvalue weighted by molar-refractivity contribution is 5.29. The second-order valence-electron chi connectivity index (χ2n) is 4.31. The van der Waals surface area contributed by atoms with Gasteiger partial charge in [-0.2, -0.15) is 5.10 Å². The minimum atomic E-state index is -2.54. The van der Waals surface area contributed by atoms with Gasteiger partial charge in [0.1, 0.15) is 5.82 Å². The van der Waals surface area contributed by atoms with Gasteiger partial charge in [0.2, 0.25) is 0 Å². The molecule has 0 saturated heterocycles. The molecule has 2 N–H and O–H groups in total. The van der Waals surface area contributed by atoms with Crippen molar-refractivity contribution < 1.29 is 8.78 Å². The maximum atomic E-state index is 12.9. The number of hydrogen-bond acceptors (Lipinski definition) is 2. The van der Waals surface area contributed by atoms with Crippen LogP contribution in [0.25, 0.3) is 0 Å². The molecule has 2 rings (SSSR count). The average molecular weight is 201 g/mol. The first-order valence-electron chi connectivity index (χ1n) is 4.52. The van der Waals surface area contributed by atoms with E-state index in [2.05, 4.69) is 5.10 Å². The third-order valence-corrected chi connectivity index (χ3v) is 2.87. The fourth-order valence-electron chi connectivity index (χ4n) is 1.64. The van der Waals surface area contributed by atoms with Crippen LogP contribution < -0.4 is 5.73 Å². The van der Waals surface area contributed by atoms with Crippen molar-refractivity contribution in [2.24, 2.45) is 5.41 Å². The van der Waals surface area contributed by atoms with Crippen molar-refractivity contribution in [2.75, 3.05) is 5.73 Å². The van der Waals surface area contributed by atoms with Crippen molar-refractivity contribution in [3.63, 3.8) is 0 Å². The van der Waals surface area contributed by atoms with E-state index in [-0.39, 0.29) is 13.0 Å². The normalized spacial score (nSPS) is 29.1.